The quantitative estimate of drug-likeness (QED) is 0.257. The summed E-state index contributed by atoms with van der Waals surface area (Å²) in [7, 11) is -2.78. The highest BCUT2D eigenvalue weighted by atomic mass is 32.2. The van der Waals surface area contributed by atoms with Crippen molar-refractivity contribution in [2.24, 2.45) is 11.7 Å². The van der Waals surface area contributed by atoms with Gasteiger partial charge in [-0.1, -0.05) is 6.07 Å². The zero-order valence-electron chi connectivity index (χ0n) is 24.3. The highest BCUT2D eigenvalue weighted by Gasteiger charge is 2.46. The third-order valence-electron chi connectivity index (χ3n) is 7.35. The lowest BCUT2D eigenvalue weighted by molar-refractivity contribution is -0.143. The number of halogens is 2. The highest BCUT2D eigenvalue weighted by molar-refractivity contribution is 7.90. The van der Waals surface area contributed by atoms with Gasteiger partial charge in [-0.25, -0.2) is 17.2 Å². The maximum atomic E-state index is 15.0. The van der Waals surface area contributed by atoms with Gasteiger partial charge < -0.3 is 31.1 Å². The number of ether oxygens (including phenoxy) is 1. The van der Waals surface area contributed by atoms with Crippen molar-refractivity contribution in [3.63, 3.8) is 0 Å². The molecule has 238 valence electrons. The average molecular weight is 645 g/mol. The number of amides is 3. The SMILES string of the molecule is COc1cc([C@@H](Nc2cc(C(N)=O)ccc2F)C(=O)N2CC[C@H](C(=O)O)[C@@H]2c2cc(NC(C)=O)ccc2S(C)(=O)=O)ccc1F. The van der Waals surface area contributed by atoms with Crippen LogP contribution in [-0.2, 0) is 24.2 Å². The summed E-state index contributed by atoms with van der Waals surface area (Å²) in [6.45, 7) is 1.07. The van der Waals surface area contributed by atoms with Crippen LogP contribution in [0.4, 0.5) is 20.2 Å². The number of aliphatic carboxylic acids is 1. The van der Waals surface area contributed by atoms with E-state index in [-0.39, 0.29) is 51.7 Å². The van der Waals surface area contributed by atoms with Crippen molar-refractivity contribution in [3.8, 4) is 5.75 Å². The molecule has 0 aromatic heterocycles. The Morgan fingerprint density at radius 1 is 1.04 bits per heavy atom. The van der Waals surface area contributed by atoms with E-state index in [0.717, 1.165) is 35.4 Å². The minimum absolute atomic E-state index is 0.0562. The molecule has 1 saturated heterocycles. The van der Waals surface area contributed by atoms with E-state index in [0.29, 0.717) is 0 Å². The molecular weight excluding hydrogens is 614 g/mol. The zero-order chi connectivity index (χ0) is 33.2. The number of carbonyl (C=O) groups excluding carboxylic acids is 3. The second kappa shape index (κ2) is 12.9. The number of nitrogens with zero attached hydrogens (tertiary/aromatic N) is 1. The normalized spacial score (nSPS) is 17.0. The molecule has 1 aliphatic rings. The molecule has 15 heteroatoms. The molecule has 12 nitrogen and oxygen atoms in total. The monoisotopic (exact) mass is 644 g/mol. The lowest BCUT2D eigenvalue weighted by Gasteiger charge is -2.32. The minimum atomic E-state index is -3.98. The first-order valence-corrected chi connectivity index (χ1v) is 15.4. The first-order chi connectivity index (χ1) is 21.1. The number of carboxylic acids is 1. The summed E-state index contributed by atoms with van der Waals surface area (Å²) in [4.78, 5) is 51.3. The fourth-order valence-electron chi connectivity index (χ4n) is 5.34. The number of hydrogen-bond donors (Lipinski definition) is 4. The topological polar surface area (TPSA) is 185 Å². The lowest BCUT2D eigenvalue weighted by Crippen LogP contribution is -2.40. The molecule has 0 bridgehead atoms. The number of likely N-dealkylation sites (tertiary alicyclic amines) is 1. The van der Waals surface area contributed by atoms with E-state index in [1.54, 1.807) is 0 Å². The molecular formula is C30H30F2N4O8S. The third-order valence-corrected chi connectivity index (χ3v) is 8.52. The molecule has 3 aromatic rings. The molecule has 0 aliphatic carbocycles. The standard InChI is InChI=1S/C30H30F2N4O8S/c1-15(37)34-18-6-9-25(45(3,42)43)20(14-18)27-19(30(40)41)10-11-36(27)29(39)26(16-4-8-22(32)24(13-16)44-2)35-23-12-17(28(33)38)5-7-21(23)31/h4-9,12-14,19,26-27,35H,10-11H2,1-3H3,(H2,33,38)(H,34,37)(H,40,41)/t19-,26+,27+/m0/s1. The van der Waals surface area contributed by atoms with Crippen LogP contribution in [0, 0.1) is 17.6 Å². The molecule has 1 aliphatic heterocycles. The van der Waals surface area contributed by atoms with Gasteiger partial charge in [-0.05, 0) is 66.1 Å². The molecule has 1 heterocycles. The summed E-state index contributed by atoms with van der Waals surface area (Å²) < 4.78 is 60.1. The zero-order valence-corrected chi connectivity index (χ0v) is 25.2. The number of benzene rings is 3. The maximum Gasteiger partial charge on any atom is 0.309 e. The smallest absolute Gasteiger partial charge is 0.309 e. The number of anilines is 2. The van der Waals surface area contributed by atoms with Gasteiger partial charge in [-0.3, -0.25) is 19.2 Å². The second-order valence-electron chi connectivity index (χ2n) is 10.4. The molecule has 0 spiro atoms. The van der Waals surface area contributed by atoms with E-state index in [1.165, 1.54) is 44.4 Å². The van der Waals surface area contributed by atoms with Crippen LogP contribution in [0.15, 0.2) is 59.5 Å². The van der Waals surface area contributed by atoms with Crippen molar-refractivity contribution in [1.29, 1.82) is 0 Å². The fourth-order valence-corrected chi connectivity index (χ4v) is 6.26. The maximum absolute atomic E-state index is 15.0. The second-order valence-corrected chi connectivity index (χ2v) is 12.4. The molecule has 3 amide bonds. The number of carboxylic acid groups (broad SMARTS) is 1. The number of rotatable bonds is 10. The summed E-state index contributed by atoms with van der Waals surface area (Å²) in [6, 6.07) is 7.60. The molecule has 1 fully saturated rings. The van der Waals surface area contributed by atoms with E-state index in [9.17, 15) is 41.5 Å². The van der Waals surface area contributed by atoms with Gasteiger partial charge >= 0.3 is 5.97 Å². The Balaban J connectivity index is 1.91. The van der Waals surface area contributed by atoms with Gasteiger partial charge in [0.1, 0.15) is 11.9 Å². The summed E-state index contributed by atoms with van der Waals surface area (Å²) in [5.41, 5.74) is 5.14. The van der Waals surface area contributed by atoms with Crippen molar-refractivity contribution in [2.45, 2.75) is 30.3 Å². The molecule has 0 unspecified atom stereocenters. The number of nitrogens with two attached hydrogens (primary N) is 1. The number of sulfone groups is 1. The van der Waals surface area contributed by atoms with Crippen LogP contribution in [0.5, 0.6) is 5.75 Å². The first kappa shape index (κ1) is 32.9. The van der Waals surface area contributed by atoms with Crippen LogP contribution in [-0.4, -0.2) is 62.0 Å². The number of methoxy groups -OCH3 is 1. The van der Waals surface area contributed by atoms with Gasteiger partial charge in [0.2, 0.25) is 17.7 Å². The average Bonchev–Trinajstić information content (AvgIpc) is 3.41. The van der Waals surface area contributed by atoms with E-state index >= 15 is 0 Å². The van der Waals surface area contributed by atoms with E-state index in [1.807, 2.05) is 0 Å². The predicted molar refractivity (Wildman–Crippen MR) is 158 cm³/mol. The lowest BCUT2D eigenvalue weighted by atomic mass is 9.92. The molecule has 3 atom stereocenters. The van der Waals surface area contributed by atoms with Crippen molar-refractivity contribution >= 4 is 44.9 Å². The minimum Gasteiger partial charge on any atom is -0.494 e. The Hall–Kier alpha value is -5.05. The molecule has 5 N–H and O–H groups in total. The summed E-state index contributed by atoms with van der Waals surface area (Å²) in [5, 5.41) is 15.4. The van der Waals surface area contributed by atoms with Gasteiger partial charge in [0.25, 0.3) is 0 Å². The summed E-state index contributed by atoms with van der Waals surface area (Å²) >= 11 is 0. The van der Waals surface area contributed by atoms with Gasteiger partial charge in [0.15, 0.2) is 21.4 Å². The predicted octanol–water partition coefficient (Wildman–Crippen LogP) is 3.26. The Kier molecular flexibility index (Phi) is 9.42. The van der Waals surface area contributed by atoms with Crippen LogP contribution in [0.3, 0.4) is 0 Å². The number of nitrogens with one attached hydrogen (secondary N) is 2. The third kappa shape index (κ3) is 7.03. The largest absolute Gasteiger partial charge is 0.494 e. The van der Waals surface area contributed by atoms with Crippen molar-refractivity contribution in [3.05, 3.63) is 82.9 Å². The Labute approximate surface area is 257 Å². The Bertz CT molecular complexity index is 1800. The molecule has 3 aromatic carbocycles. The van der Waals surface area contributed by atoms with Crippen LogP contribution in [0.1, 0.15) is 46.9 Å². The van der Waals surface area contributed by atoms with Crippen LogP contribution in [0.25, 0.3) is 0 Å². The molecule has 45 heavy (non-hydrogen) atoms. The number of hydrogen-bond acceptors (Lipinski definition) is 8. The van der Waals surface area contributed by atoms with Gasteiger partial charge in [0.05, 0.1) is 29.7 Å². The van der Waals surface area contributed by atoms with E-state index in [2.05, 4.69) is 10.6 Å². The fraction of sp³-hybridized carbons (Fsp3) is 0.267. The number of primary amides is 1. The first-order valence-electron chi connectivity index (χ1n) is 13.5. The van der Waals surface area contributed by atoms with E-state index in [4.69, 9.17) is 10.5 Å². The van der Waals surface area contributed by atoms with E-state index < -0.39 is 63.2 Å². The van der Waals surface area contributed by atoms with Gasteiger partial charge in [-0.2, -0.15) is 0 Å². The van der Waals surface area contributed by atoms with Crippen LogP contribution in [0.2, 0.25) is 0 Å². The number of carbonyl (C=O) groups is 4. The Morgan fingerprint density at radius 2 is 1.73 bits per heavy atom. The van der Waals surface area contributed by atoms with Gasteiger partial charge in [-0.15, -0.1) is 0 Å². The summed E-state index contributed by atoms with van der Waals surface area (Å²) in [5.74, 6) is -6.64. The summed E-state index contributed by atoms with van der Waals surface area (Å²) in [6.07, 6.45) is 0.842. The van der Waals surface area contributed by atoms with Crippen LogP contribution < -0.4 is 21.1 Å². The Morgan fingerprint density at radius 3 is 2.33 bits per heavy atom. The molecule has 0 saturated carbocycles. The molecule has 0 radical (unpaired) electrons. The van der Waals surface area contributed by atoms with Crippen molar-refractivity contribution in [1.82, 2.24) is 4.90 Å². The van der Waals surface area contributed by atoms with Crippen molar-refractivity contribution < 1.29 is 46.2 Å². The van der Waals surface area contributed by atoms with Gasteiger partial charge in [0, 0.05) is 31.0 Å². The van der Waals surface area contributed by atoms with Crippen LogP contribution >= 0.6 is 0 Å². The van der Waals surface area contributed by atoms with Crippen molar-refractivity contribution in [2.75, 3.05) is 30.5 Å². The highest BCUT2D eigenvalue weighted by Crippen LogP contribution is 2.43. The molecule has 4 rings (SSSR count).